The number of hydrogen-bond donors (Lipinski definition) is 1. The highest BCUT2D eigenvalue weighted by molar-refractivity contribution is 9.10. The third-order valence-electron chi connectivity index (χ3n) is 2.43. The Morgan fingerprint density at radius 1 is 1.29 bits per heavy atom. The number of benzene rings is 1. The number of rotatable bonds is 3. The van der Waals surface area contributed by atoms with Crippen molar-refractivity contribution >= 4 is 21.6 Å². The van der Waals surface area contributed by atoms with Crippen molar-refractivity contribution < 1.29 is 13.2 Å². The molecule has 0 saturated heterocycles. The van der Waals surface area contributed by atoms with Crippen molar-refractivity contribution in [3.63, 3.8) is 0 Å². The van der Waals surface area contributed by atoms with Crippen LogP contribution in [0.15, 0.2) is 39.6 Å². The monoisotopic (exact) mass is 301 g/mol. The maximum Gasteiger partial charge on any atom is 0.149 e. The summed E-state index contributed by atoms with van der Waals surface area (Å²) >= 11 is 3.02. The van der Waals surface area contributed by atoms with Gasteiger partial charge in [-0.05, 0) is 35.0 Å². The lowest BCUT2D eigenvalue weighted by Crippen LogP contribution is -2.07. The maximum atomic E-state index is 13.5. The minimum atomic E-state index is -0.624. The lowest BCUT2D eigenvalue weighted by molar-refractivity contribution is 0.561. The number of hydrogen-bond acceptors (Lipinski definition) is 2. The summed E-state index contributed by atoms with van der Waals surface area (Å²) in [6.07, 6.45) is 3.12. The fourth-order valence-electron chi connectivity index (χ4n) is 1.47. The van der Waals surface area contributed by atoms with Crippen molar-refractivity contribution in [2.75, 3.05) is 5.32 Å². The predicted molar refractivity (Wildman–Crippen MR) is 64.8 cm³/mol. The Bertz CT molecular complexity index is 513. The molecule has 2 nitrogen and oxygen atoms in total. The van der Waals surface area contributed by atoms with Crippen molar-refractivity contribution in [1.82, 2.24) is 0 Å². The SMILES string of the molecule is CC(Nc1cc(Br)c(F)cc1F)c1ccoc1. The minimum absolute atomic E-state index is 0.124. The molecule has 0 spiro atoms. The molecule has 5 heteroatoms. The largest absolute Gasteiger partial charge is 0.472 e. The summed E-state index contributed by atoms with van der Waals surface area (Å²) in [4.78, 5) is 0. The summed E-state index contributed by atoms with van der Waals surface area (Å²) in [5.74, 6) is -1.25. The molecule has 0 aliphatic rings. The molecule has 1 atom stereocenters. The van der Waals surface area contributed by atoms with E-state index >= 15 is 0 Å². The molecule has 17 heavy (non-hydrogen) atoms. The van der Waals surface area contributed by atoms with Crippen LogP contribution in [0.4, 0.5) is 14.5 Å². The molecule has 90 valence electrons. The first-order valence-corrected chi connectivity index (χ1v) is 5.80. The van der Waals surface area contributed by atoms with Crippen LogP contribution < -0.4 is 5.32 Å². The first-order chi connectivity index (χ1) is 8.08. The molecule has 2 aromatic rings. The van der Waals surface area contributed by atoms with E-state index in [0.29, 0.717) is 0 Å². The van der Waals surface area contributed by atoms with Crippen molar-refractivity contribution in [3.8, 4) is 0 Å². The van der Waals surface area contributed by atoms with Gasteiger partial charge in [-0.15, -0.1) is 0 Å². The van der Waals surface area contributed by atoms with Crippen LogP contribution in [0.3, 0.4) is 0 Å². The molecule has 0 bridgehead atoms. The zero-order chi connectivity index (χ0) is 12.4. The summed E-state index contributed by atoms with van der Waals surface area (Å²) in [7, 11) is 0. The van der Waals surface area contributed by atoms with E-state index in [1.54, 1.807) is 18.6 Å². The van der Waals surface area contributed by atoms with Crippen LogP contribution in [0.5, 0.6) is 0 Å². The van der Waals surface area contributed by atoms with Gasteiger partial charge in [0.15, 0.2) is 0 Å². The summed E-state index contributed by atoms with van der Waals surface area (Å²) in [5, 5.41) is 2.95. The molecule has 0 aliphatic carbocycles. The van der Waals surface area contributed by atoms with E-state index in [0.717, 1.165) is 11.6 Å². The molecular weight excluding hydrogens is 292 g/mol. The van der Waals surface area contributed by atoms with Crippen molar-refractivity contribution in [2.45, 2.75) is 13.0 Å². The summed E-state index contributed by atoms with van der Waals surface area (Å²) < 4.78 is 31.7. The van der Waals surface area contributed by atoms with E-state index in [4.69, 9.17) is 4.42 Å². The van der Waals surface area contributed by atoms with Gasteiger partial charge < -0.3 is 9.73 Å². The summed E-state index contributed by atoms with van der Waals surface area (Å²) in [6, 6.07) is 3.88. The van der Waals surface area contributed by atoms with Crippen molar-refractivity contribution in [2.24, 2.45) is 0 Å². The normalized spacial score (nSPS) is 12.5. The zero-order valence-corrected chi connectivity index (χ0v) is 10.6. The van der Waals surface area contributed by atoms with Crippen LogP contribution in [0.1, 0.15) is 18.5 Å². The highest BCUT2D eigenvalue weighted by Gasteiger charge is 2.12. The lowest BCUT2D eigenvalue weighted by atomic mass is 10.1. The van der Waals surface area contributed by atoms with Crippen molar-refractivity contribution in [3.05, 3.63) is 52.4 Å². The van der Waals surface area contributed by atoms with Gasteiger partial charge in [0.25, 0.3) is 0 Å². The second kappa shape index (κ2) is 4.87. The molecule has 0 fully saturated rings. The van der Waals surface area contributed by atoms with E-state index in [2.05, 4.69) is 21.2 Å². The standard InChI is InChI=1S/C12H10BrF2NO/c1-7(8-2-3-17-6-8)16-12-4-9(13)10(14)5-11(12)15/h2-7,16H,1H3. The van der Waals surface area contributed by atoms with Crippen LogP contribution in [-0.4, -0.2) is 0 Å². The quantitative estimate of drug-likeness (QED) is 0.845. The Labute approximate surface area is 106 Å². The molecule has 2 rings (SSSR count). The maximum absolute atomic E-state index is 13.5. The molecule has 1 N–H and O–H groups in total. The predicted octanol–water partition coefficient (Wildman–Crippen LogP) is 4.49. The minimum Gasteiger partial charge on any atom is -0.472 e. The van der Waals surface area contributed by atoms with E-state index < -0.39 is 11.6 Å². The second-order valence-corrected chi connectivity index (χ2v) is 4.52. The Hall–Kier alpha value is -1.36. The van der Waals surface area contributed by atoms with Gasteiger partial charge in [-0.2, -0.15) is 0 Å². The molecule has 1 heterocycles. The Morgan fingerprint density at radius 3 is 2.71 bits per heavy atom. The van der Waals surface area contributed by atoms with Crippen LogP contribution in [-0.2, 0) is 0 Å². The van der Waals surface area contributed by atoms with Crippen LogP contribution in [0.2, 0.25) is 0 Å². The van der Waals surface area contributed by atoms with E-state index in [1.807, 2.05) is 6.92 Å². The van der Waals surface area contributed by atoms with Gasteiger partial charge in [0.2, 0.25) is 0 Å². The summed E-state index contributed by atoms with van der Waals surface area (Å²) in [6.45, 7) is 1.86. The smallest absolute Gasteiger partial charge is 0.149 e. The molecule has 1 unspecified atom stereocenters. The third kappa shape index (κ3) is 2.66. The zero-order valence-electron chi connectivity index (χ0n) is 9.01. The Kier molecular flexibility index (Phi) is 3.47. The molecule has 0 aliphatic heterocycles. The summed E-state index contributed by atoms with van der Waals surface area (Å²) in [5.41, 5.74) is 1.14. The average Bonchev–Trinajstić information content (AvgIpc) is 2.79. The number of nitrogens with one attached hydrogen (secondary N) is 1. The molecule has 0 radical (unpaired) electrons. The number of halogens is 3. The molecular formula is C12H10BrF2NO. The van der Waals surface area contributed by atoms with Crippen LogP contribution >= 0.6 is 15.9 Å². The fraction of sp³-hybridized carbons (Fsp3) is 0.167. The number of furan rings is 1. The molecule has 1 aromatic carbocycles. The van der Waals surface area contributed by atoms with Gasteiger partial charge in [0.1, 0.15) is 11.6 Å². The average molecular weight is 302 g/mol. The highest BCUT2D eigenvalue weighted by Crippen LogP contribution is 2.27. The highest BCUT2D eigenvalue weighted by atomic mass is 79.9. The first-order valence-electron chi connectivity index (χ1n) is 5.01. The number of anilines is 1. The topological polar surface area (TPSA) is 25.2 Å². The van der Waals surface area contributed by atoms with Gasteiger partial charge in [-0.3, -0.25) is 0 Å². The first kappa shape index (κ1) is 12.1. The van der Waals surface area contributed by atoms with Gasteiger partial charge in [-0.25, -0.2) is 8.78 Å². The van der Waals surface area contributed by atoms with Crippen LogP contribution in [0, 0.1) is 11.6 Å². The van der Waals surface area contributed by atoms with Gasteiger partial charge in [-0.1, -0.05) is 0 Å². The van der Waals surface area contributed by atoms with Crippen LogP contribution in [0.25, 0.3) is 0 Å². The van der Waals surface area contributed by atoms with E-state index in [-0.39, 0.29) is 16.2 Å². The Balaban J connectivity index is 2.22. The Morgan fingerprint density at radius 2 is 2.06 bits per heavy atom. The van der Waals surface area contributed by atoms with Crippen molar-refractivity contribution in [1.29, 1.82) is 0 Å². The van der Waals surface area contributed by atoms with Gasteiger partial charge in [0, 0.05) is 11.6 Å². The van der Waals surface area contributed by atoms with E-state index in [1.165, 1.54) is 6.07 Å². The lowest BCUT2D eigenvalue weighted by Gasteiger charge is -2.14. The van der Waals surface area contributed by atoms with E-state index in [9.17, 15) is 8.78 Å². The third-order valence-corrected chi connectivity index (χ3v) is 3.03. The second-order valence-electron chi connectivity index (χ2n) is 3.67. The molecule has 0 saturated carbocycles. The fourth-order valence-corrected chi connectivity index (χ4v) is 1.81. The van der Waals surface area contributed by atoms with Gasteiger partial charge >= 0.3 is 0 Å². The molecule has 1 aromatic heterocycles. The van der Waals surface area contributed by atoms with Gasteiger partial charge in [0.05, 0.1) is 28.7 Å². The molecule has 0 amide bonds.